The van der Waals surface area contributed by atoms with Gasteiger partial charge in [0.05, 0.1) is 0 Å². The first kappa shape index (κ1) is 14.6. The Bertz CT molecular complexity index is 297. The Morgan fingerprint density at radius 1 is 1.26 bits per heavy atom. The maximum absolute atomic E-state index is 12.0. The van der Waals surface area contributed by atoms with Crippen molar-refractivity contribution in [2.24, 2.45) is 5.92 Å². The second kappa shape index (κ2) is 7.68. The molecular weight excluding hydrogens is 236 g/mol. The van der Waals surface area contributed by atoms with Crippen molar-refractivity contribution in [3.8, 4) is 0 Å². The molecule has 2 rings (SSSR count). The minimum atomic E-state index is 0.388. The summed E-state index contributed by atoms with van der Waals surface area (Å²) in [5.41, 5.74) is 0. The van der Waals surface area contributed by atoms with Gasteiger partial charge in [-0.1, -0.05) is 25.3 Å². The largest absolute Gasteiger partial charge is 0.339 e. The third kappa shape index (κ3) is 4.34. The number of rotatable bonds is 7. The van der Waals surface area contributed by atoms with Crippen LogP contribution in [0.15, 0.2) is 12.7 Å². The highest BCUT2D eigenvalue weighted by Gasteiger charge is 2.32. The Balaban J connectivity index is 1.77. The smallest absolute Gasteiger partial charge is 0.222 e. The molecule has 0 aromatic rings. The fraction of sp³-hybridized carbons (Fsp3) is 0.812. The van der Waals surface area contributed by atoms with E-state index < -0.39 is 0 Å². The summed E-state index contributed by atoms with van der Waals surface area (Å²) in [6.07, 6.45) is 11.6. The number of nitrogens with one attached hydrogen (secondary N) is 1. The summed E-state index contributed by atoms with van der Waals surface area (Å²) < 4.78 is 0. The van der Waals surface area contributed by atoms with Gasteiger partial charge >= 0.3 is 0 Å². The van der Waals surface area contributed by atoms with E-state index in [-0.39, 0.29) is 0 Å². The molecule has 1 unspecified atom stereocenters. The molecule has 1 saturated carbocycles. The molecule has 0 aromatic heterocycles. The van der Waals surface area contributed by atoms with E-state index in [0.29, 0.717) is 11.9 Å². The Hall–Kier alpha value is -0.830. The summed E-state index contributed by atoms with van der Waals surface area (Å²) in [6, 6.07) is 0.478. The monoisotopic (exact) mass is 264 g/mol. The Morgan fingerprint density at radius 2 is 2.05 bits per heavy atom. The van der Waals surface area contributed by atoms with E-state index in [4.69, 9.17) is 0 Å². The van der Waals surface area contributed by atoms with Crippen LogP contribution in [-0.4, -0.2) is 36.5 Å². The normalized spacial score (nSPS) is 24.9. The quantitative estimate of drug-likeness (QED) is 0.566. The van der Waals surface area contributed by atoms with Gasteiger partial charge in [-0.3, -0.25) is 4.79 Å². The highest BCUT2D eigenvalue weighted by molar-refractivity contribution is 5.78. The molecular formula is C16H28N2O. The fourth-order valence-electron chi connectivity index (χ4n) is 3.46. The van der Waals surface area contributed by atoms with Crippen LogP contribution in [-0.2, 0) is 4.79 Å². The molecule has 1 saturated heterocycles. The summed E-state index contributed by atoms with van der Waals surface area (Å²) in [7, 11) is 0. The van der Waals surface area contributed by atoms with Gasteiger partial charge < -0.3 is 10.2 Å². The van der Waals surface area contributed by atoms with Gasteiger partial charge in [-0.2, -0.15) is 0 Å². The topological polar surface area (TPSA) is 32.3 Å². The van der Waals surface area contributed by atoms with Crippen LogP contribution in [0.25, 0.3) is 0 Å². The number of likely N-dealkylation sites (tertiary alicyclic amines) is 1. The number of hydrogen-bond donors (Lipinski definition) is 1. The van der Waals surface area contributed by atoms with Crippen LogP contribution in [0.5, 0.6) is 0 Å². The second-order valence-electron chi connectivity index (χ2n) is 6.02. The van der Waals surface area contributed by atoms with Gasteiger partial charge in [-0.25, -0.2) is 0 Å². The van der Waals surface area contributed by atoms with E-state index in [0.717, 1.165) is 44.8 Å². The number of carbonyl (C=O) groups is 1. The van der Waals surface area contributed by atoms with E-state index in [1.807, 2.05) is 6.08 Å². The van der Waals surface area contributed by atoms with Gasteiger partial charge in [0.1, 0.15) is 0 Å². The van der Waals surface area contributed by atoms with Crippen LogP contribution in [0.4, 0.5) is 0 Å². The fourth-order valence-corrected chi connectivity index (χ4v) is 3.46. The number of carbonyl (C=O) groups excluding carboxylic acids is 1. The highest BCUT2D eigenvalue weighted by Crippen LogP contribution is 2.28. The van der Waals surface area contributed by atoms with E-state index in [1.54, 1.807) is 0 Å². The molecule has 0 aromatic carbocycles. The number of amides is 1. The lowest BCUT2D eigenvalue weighted by atomic mass is 9.88. The van der Waals surface area contributed by atoms with E-state index in [2.05, 4.69) is 16.8 Å². The second-order valence-corrected chi connectivity index (χ2v) is 6.02. The first-order chi connectivity index (χ1) is 9.31. The molecule has 1 N–H and O–H groups in total. The van der Waals surface area contributed by atoms with Crippen molar-refractivity contribution in [1.29, 1.82) is 0 Å². The molecule has 1 aliphatic carbocycles. The molecule has 1 amide bonds. The van der Waals surface area contributed by atoms with Crippen molar-refractivity contribution in [3.63, 3.8) is 0 Å². The minimum absolute atomic E-state index is 0.388. The predicted octanol–water partition coefficient (Wildman–Crippen LogP) is 2.72. The van der Waals surface area contributed by atoms with E-state index in [9.17, 15) is 4.79 Å². The van der Waals surface area contributed by atoms with Crippen molar-refractivity contribution in [2.45, 2.75) is 57.4 Å². The zero-order chi connectivity index (χ0) is 13.5. The summed E-state index contributed by atoms with van der Waals surface area (Å²) in [5.74, 6) is 1.15. The Morgan fingerprint density at radius 3 is 2.79 bits per heavy atom. The molecule has 0 radical (unpaired) electrons. The summed E-state index contributed by atoms with van der Waals surface area (Å²) in [6.45, 7) is 6.58. The maximum Gasteiger partial charge on any atom is 0.222 e. The summed E-state index contributed by atoms with van der Waals surface area (Å²) in [5, 5.41) is 3.34. The van der Waals surface area contributed by atoms with Crippen LogP contribution >= 0.6 is 0 Å². The van der Waals surface area contributed by atoms with Crippen LogP contribution in [0.2, 0.25) is 0 Å². The van der Waals surface area contributed by atoms with Crippen molar-refractivity contribution in [1.82, 2.24) is 10.2 Å². The van der Waals surface area contributed by atoms with Crippen molar-refractivity contribution >= 4 is 5.91 Å². The molecule has 2 aliphatic rings. The molecule has 0 spiro atoms. The van der Waals surface area contributed by atoms with Gasteiger partial charge in [0.25, 0.3) is 0 Å². The summed E-state index contributed by atoms with van der Waals surface area (Å²) in [4.78, 5) is 14.2. The molecule has 0 bridgehead atoms. The molecule has 2 fully saturated rings. The van der Waals surface area contributed by atoms with Gasteiger partial charge in [0.2, 0.25) is 5.91 Å². The van der Waals surface area contributed by atoms with Crippen molar-refractivity contribution < 1.29 is 4.79 Å². The predicted molar refractivity (Wildman–Crippen MR) is 79.0 cm³/mol. The minimum Gasteiger partial charge on any atom is -0.339 e. The lowest BCUT2D eigenvalue weighted by Gasteiger charge is -2.31. The molecule has 1 atom stereocenters. The molecule has 1 aliphatic heterocycles. The standard InChI is InChI=1S/C16H28N2O/c1-2-11-17-12-10-15-8-9-16(19)18(15)13-14-6-4-3-5-7-14/h2,14-15,17H,1,3-13H2. The number of nitrogens with zero attached hydrogens (tertiary/aromatic N) is 1. The third-order valence-electron chi connectivity index (χ3n) is 4.58. The van der Waals surface area contributed by atoms with Gasteiger partial charge in [0.15, 0.2) is 0 Å². The van der Waals surface area contributed by atoms with Crippen molar-refractivity contribution in [3.05, 3.63) is 12.7 Å². The molecule has 3 heteroatoms. The third-order valence-corrected chi connectivity index (χ3v) is 4.58. The van der Waals surface area contributed by atoms with Crippen LogP contribution in [0.1, 0.15) is 51.4 Å². The molecule has 19 heavy (non-hydrogen) atoms. The highest BCUT2D eigenvalue weighted by atomic mass is 16.2. The van der Waals surface area contributed by atoms with Gasteiger partial charge in [-0.05, 0) is 38.1 Å². The van der Waals surface area contributed by atoms with E-state index in [1.165, 1.54) is 32.1 Å². The summed E-state index contributed by atoms with van der Waals surface area (Å²) >= 11 is 0. The van der Waals surface area contributed by atoms with Crippen molar-refractivity contribution in [2.75, 3.05) is 19.6 Å². The first-order valence-corrected chi connectivity index (χ1v) is 7.92. The lowest BCUT2D eigenvalue weighted by molar-refractivity contribution is -0.129. The number of hydrogen-bond acceptors (Lipinski definition) is 2. The zero-order valence-electron chi connectivity index (χ0n) is 12.1. The SMILES string of the molecule is C=CCNCCC1CCC(=O)N1CC1CCCCC1. The van der Waals surface area contributed by atoms with Crippen LogP contribution < -0.4 is 5.32 Å². The van der Waals surface area contributed by atoms with E-state index >= 15 is 0 Å². The average Bonchev–Trinajstić information content (AvgIpc) is 2.78. The Kier molecular flexibility index (Phi) is 5.90. The van der Waals surface area contributed by atoms with Gasteiger partial charge in [0, 0.05) is 25.6 Å². The zero-order valence-corrected chi connectivity index (χ0v) is 12.1. The van der Waals surface area contributed by atoms with Crippen LogP contribution in [0, 0.1) is 5.92 Å². The molecule has 108 valence electrons. The maximum atomic E-state index is 12.0. The van der Waals surface area contributed by atoms with Gasteiger partial charge in [-0.15, -0.1) is 6.58 Å². The molecule has 1 heterocycles. The first-order valence-electron chi connectivity index (χ1n) is 7.92. The Labute approximate surface area is 117 Å². The lowest BCUT2D eigenvalue weighted by Crippen LogP contribution is -2.39. The average molecular weight is 264 g/mol. The molecule has 3 nitrogen and oxygen atoms in total. The van der Waals surface area contributed by atoms with Crippen LogP contribution in [0.3, 0.4) is 0 Å².